The minimum Gasteiger partial charge on any atom is -0.491 e. The first-order chi connectivity index (χ1) is 13.5. The molecule has 1 heterocycles. The average molecular weight is 382 g/mol. The minimum atomic E-state index is -0.0652. The lowest BCUT2D eigenvalue weighted by Gasteiger charge is -2.38. The summed E-state index contributed by atoms with van der Waals surface area (Å²) in [7, 11) is 0. The summed E-state index contributed by atoms with van der Waals surface area (Å²) in [5.41, 5.74) is 2.96. The molecule has 1 aliphatic heterocycles. The Morgan fingerprint density at radius 1 is 1.04 bits per heavy atom. The van der Waals surface area contributed by atoms with Crippen LogP contribution in [0.3, 0.4) is 0 Å². The minimum absolute atomic E-state index is 0.0652. The molecule has 0 spiro atoms. The summed E-state index contributed by atoms with van der Waals surface area (Å²) < 4.78 is 5.72. The van der Waals surface area contributed by atoms with E-state index in [9.17, 15) is 4.79 Å². The number of ether oxygens (including phenoxy) is 1. The average Bonchev–Trinajstić information content (AvgIpc) is 2.72. The van der Waals surface area contributed by atoms with Crippen molar-refractivity contribution in [1.29, 1.82) is 0 Å². The lowest BCUT2D eigenvalue weighted by atomic mass is 10.1. The Hall–Kier alpha value is -2.53. The molecule has 0 aliphatic carbocycles. The summed E-state index contributed by atoms with van der Waals surface area (Å²) in [5.74, 6) is 0.795. The highest BCUT2D eigenvalue weighted by Gasteiger charge is 2.19. The Labute approximate surface area is 168 Å². The van der Waals surface area contributed by atoms with E-state index in [1.165, 1.54) is 5.69 Å². The van der Waals surface area contributed by atoms with Gasteiger partial charge < -0.3 is 15.0 Å². The number of para-hydroxylation sites is 1. The maximum atomic E-state index is 12.3. The number of carbonyl (C=O) groups is 1. The van der Waals surface area contributed by atoms with Gasteiger partial charge in [-0.05, 0) is 56.7 Å². The van der Waals surface area contributed by atoms with Crippen LogP contribution in [0.25, 0.3) is 0 Å². The Morgan fingerprint density at radius 3 is 2.36 bits per heavy atom. The number of benzene rings is 2. The maximum absolute atomic E-state index is 12.3. The van der Waals surface area contributed by atoms with E-state index in [-0.39, 0.29) is 5.91 Å². The maximum Gasteiger partial charge on any atom is 0.251 e. The summed E-state index contributed by atoms with van der Waals surface area (Å²) in [4.78, 5) is 17.2. The van der Waals surface area contributed by atoms with Gasteiger partial charge in [0.1, 0.15) is 12.4 Å². The molecular weight excluding hydrogens is 350 g/mol. The lowest BCUT2D eigenvalue weighted by molar-refractivity contribution is 0.0947. The molecular formula is C23H31N3O2. The number of carbonyl (C=O) groups excluding carboxylic acids is 1. The fourth-order valence-electron chi connectivity index (χ4n) is 3.47. The van der Waals surface area contributed by atoms with Crippen molar-refractivity contribution in [2.75, 3.05) is 44.2 Å². The van der Waals surface area contributed by atoms with E-state index in [2.05, 4.69) is 29.0 Å². The van der Waals surface area contributed by atoms with Crippen LogP contribution >= 0.6 is 0 Å². The van der Waals surface area contributed by atoms with Crippen LogP contribution in [0.5, 0.6) is 5.75 Å². The second-order valence-electron chi connectivity index (χ2n) is 7.53. The molecule has 1 amide bonds. The van der Waals surface area contributed by atoms with Crippen LogP contribution in [0, 0.1) is 6.92 Å². The molecule has 1 saturated heterocycles. The zero-order chi connectivity index (χ0) is 19.9. The number of rotatable bonds is 7. The van der Waals surface area contributed by atoms with E-state index in [1.54, 1.807) is 0 Å². The number of nitrogens with zero attached hydrogens (tertiary/aromatic N) is 2. The normalized spacial score (nSPS) is 14.9. The summed E-state index contributed by atoms with van der Waals surface area (Å²) >= 11 is 0. The van der Waals surface area contributed by atoms with Gasteiger partial charge in [0.05, 0.1) is 6.54 Å². The fraction of sp³-hybridized carbons (Fsp3) is 0.435. The number of anilines is 1. The third-order valence-electron chi connectivity index (χ3n) is 5.28. The van der Waals surface area contributed by atoms with Crippen molar-refractivity contribution in [2.45, 2.75) is 26.8 Å². The largest absolute Gasteiger partial charge is 0.491 e. The van der Waals surface area contributed by atoms with Crippen LogP contribution in [-0.2, 0) is 0 Å². The van der Waals surface area contributed by atoms with Gasteiger partial charge in [-0.2, -0.15) is 0 Å². The van der Waals surface area contributed by atoms with Crippen LogP contribution in [-0.4, -0.2) is 56.2 Å². The molecule has 0 bridgehead atoms. The first-order valence-electron chi connectivity index (χ1n) is 10.1. The van der Waals surface area contributed by atoms with Gasteiger partial charge in [-0.3, -0.25) is 9.69 Å². The van der Waals surface area contributed by atoms with E-state index in [4.69, 9.17) is 4.74 Å². The van der Waals surface area contributed by atoms with E-state index in [0.717, 1.165) is 37.5 Å². The predicted octanol–water partition coefficient (Wildman–Crippen LogP) is 3.33. The molecule has 150 valence electrons. The summed E-state index contributed by atoms with van der Waals surface area (Å²) in [5, 5.41) is 2.92. The Kier molecular flexibility index (Phi) is 6.93. The second-order valence-corrected chi connectivity index (χ2v) is 7.53. The van der Waals surface area contributed by atoms with Crippen molar-refractivity contribution >= 4 is 11.6 Å². The molecule has 2 aromatic carbocycles. The van der Waals surface area contributed by atoms with E-state index in [1.807, 2.05) is 55.5 Å². The van der Waals surface area contributed by atoms with Crippen LogP contribution < -0.4 is 15.0 Å². The van der Waals surface area contributed by atoms with Crippen molar-refractivity contribution < 1.29 is 9.53 Å². The van der Waals surface area contributed by atoms with Crippen molar-refractivity contribution in [1.82, 2.24) is 10.2 Å². The third kappa shape index (κ3) is 5.26. The SMILES string of the molecule is Cc1ccccc1OCCNC(=O)c1ccc(N2CCN(C(C)C)CC2)cc1. The van der Waals surface area contributed by atoms with Crippen molar-refractivity contribution in [2.24, 2.45) is 0 Å². The Balaban J connectivity index is 1.44. The third-order valence-corrected chi connectivity index (χ3v) is 5.28. The number of amides is 1. The van der Waals surface area contributed by atoms with Crippen LogP contribution in [0.15, 0.2) is 48.5 Å². The molecule has 0 aromatic heterocycles. The molecule has 0 unspecified atom stereocenters. The van der Waals surface area contributed by atoms with Crippen molar-refractivity contribution in [3.63, 3.8) is 0 Å². The smallest absolute Gasteiger partial charge is 0.251 e. The first kappa shape index (κ1) is 20.2. The van der Waals surface area contributed by atoms with Crippen LogP contribution in [0.1, 0.15) is 29.8 Å². The van der Waals surface area contributed by atoms with Gasteiger partial charge in [0, 0.05) is 43.5 Å². The van der Waals surface area contributed by atoms with Gasteiger partial charge in [-0.1, -0.05) is 18.2 Å². The molecule has 0 atom stereocenters. The topological polar surface area (TPSA) is 44.8 Å². The van der Waals surface area contributed by atoms with Gasteiger partial charge in [-0.25, -0.2) is 0 Å². The second kappa shape index (κ2) is 9.60. The monoisotopic (exact) mass is 381 g/mol. The molecule has 5 nitrogen and oxygen atoms in total. The quantitative estimate of drug-likeness (QED) is 0.747. The zero-order valence-electron chi connectivity index (χ0n) is 17.1. The molecule has 1 aliphatic rings. The molecule has 3 rings (SSSR count). The summed E-state index contributed by atoms with van der Waals surface area (Å²) in [6.45, 7) is 11.7. The van der Waals surface area contributed by atoms with Crippen molar-refractivity contribution in [3.8, 4) is 5.75 Å². The molecule has 1 fully saturated rings. The summed E-state index contributed by atoms with van der Waals surface area (Å²) in [6.07, 6.45) is 0. The van der Waals surface area contributed by atoms with E-state index >= 15 is 0 Å². The lowest BCUT2D eigenvalue weighted by Crippen LogP contribution is -2.48. The van der Waals surface area contributed by atoms with Gasteiger partial charge in [-0.15, -0.1) is 0 Å². The molecule has 0 saturated carbocycles. The zero-order valence-corrected chi connectivity index (χ0v) is 17.1. The van der Waals surface area contributed by atoms with Gasteiger partial charge in [0.15, 0.2) is 0 Å². The number of hydrogen-bond acceptors (Lipinski definition) is 4. The number of piperazine rings is 1. The van der Waals surface area contributed by atoms with Crippen LogP contribution in [0.2, 0.25) is 0 Å². The highest BCUT2D eigenvalue weighted by atomic mass is 16.5. The van der Waals surface area contributed by atoms with Gasteiger partial charge >= 0.3 is 0 Å². The molecule has 0 radical (unpaired) electrons. The molecule has 2 aromatic rings. The number of nitrogens with one attached hydrogen (secondary N) is 1. The standard InChI is InChI=1S/C23H31N3O2/c1-18(2)25-13-15-26(16-14-25)21-10-8-20(9-11-21)23(27)24-12-17-28-22-7-5-4-6-19(22)3/h4-11,18H,12-17H2,1-3H3,(H,24,27). The molecule has 28 heavy (non-hydrogen) atoms. The number of aryl methyl sites for hydroxylation is 1. The Morgan fingerprint density at radius 2 is 1.71 bits per heavy atom. The van der Waals surface area contributed by atoms with Gasteiger partial charge in [0.25, 0.3) is 5.91 Å². The first-order valence-corrected chi connectivity index (χ1v) is 10.1. The van der Waals surface area contributed by atoms with Gasteiger partial charge in [0.2, 0.25) is 0 Å². The van der Waals surface area contributed by atoms with E-state index in [0.29, 0.717) is 24.8 Å². The highest BCUT2D eigenvalue weighted by Crippen LogP contribution is 2.18. The van der Waals surface area contributed by atoms with Crippen molar-refractivity contribution in [3.05, 3.63) is 59.7 Å². The Bertz CT molecular complexity index is 766. The molecule has 5 heteroatoms. The fourth-order valence-corrected chi connectivity index (χ4v) is 3.47. The van der Waals surface area contributed by atoms with E-state index < -0.39 is 0 Å². The predicted molar refractivity (Wildman–Crippen MR) is 114 cm³/mol. The summed E-state index contributed by atoms with van der Waals surface area (Å²) in [6, 6.07) is 16.4. The highest BCUT2D eigenvalue weighted by molar-refractivity contribution is 5.94. The number of hydrogen-bond donors (Lipinski definition) is 1. The van der Waals surface area contributed by atoms with Crippen LogP contribution in [0.4, 0.5) is 5.69 Å². The molecule has 1 N–H and O–H groups in total.